The topological polar surface area (TPSA) is 111 Å². The normalized spacial score (nSPS) is 12.7. The van der Waals surface area contributed by atoms with Crippen molar-refractivity contribution in [2.45, 2.75) is 32.2 Å². The van der Waals surface area contributed by atoms with Crippen molar-refractivity contribution in [2.75, 3.05) is 0 Å². The third-order valence-electron chi connectivity index (χ3n) is 7.43. The molecule has 1 N–H and O–H groups in total. The molecule has 214 valence electrons. The minimum Gasteiger partial charge on any atom is -0.422 e. The van der Waals surface area contributed by atoms with Gasteiger partial charge in [-0.2, -0.15) is 0 Å². The van der Waals surface area contributed by atoms with E-state index in [1.54, 1.807) is 12.3 Å². The number of nitrogens with zero attached hydrogens (tertiary/aromatic N) is 2. The van der Waals surface area contributed by atoms with Crippen molar-refractivity contribution in [1.29, 1.82) is 0 Å². The van der Waals surface area contributed by atoms with E-state index in [-0.39, 0.29) is 17.2 Å². The summed E-state index contributed by atoms with van der Waals surface area (Å²) >= 11 is 1.54. The van der Waals surface area contributed by atoms with Crippen molar-refractivity contribution >= 4 is 50.9 Å². The number of hydrogen-bond donors (Lipinski definition) is 1. The summed E-state index contributed by atoms with van der Waals surface area (Å²) in [4.78, 5) is 43.1. The Kier molecular flexibility index (Phi) is 8.06. The van der Waals surface area contributed by atoms with Crippen LogP contribution in [0.1, 0.15) is 55.1 Å². The lowest BCUT2D eigenvalue weighted by Crippen LogP contribution is -2.24. The molecule has 0 saturated carbocycles. The van der Waals surface area contributed by atoms with Crippen LogP contribution in [0.3, 0.4) is 0 Å². The molecule has 1 amide bonds. The molecule has 0 saturated heterocycles. The van der Waals surface area contributed by atoms with E-state index in [4.69, 9.17) is 9.73 Å². The number of hydrogen-bond acceptors (Lipinski definition) is 7. The Balaban J connectivity index is 1.34. The quantitative estimate of drug-likeness (QED) is 0.0659. The predicted octanol–water partition coefficient (Wildman–Crippen LogP) is 7.59. The highest BCUT2D eigenvalue weighted by Crippen LogP contribution is 2.40. The number of rotatable bonds is 8. The van der Waals surface area contributed by atoms with Crippen LogP contribution in [0.25, 0.3) is 10.8 Å². The average molecular weight is 590 g/mol. The lowest BCUT2D eigenvalue weighted by atomic mass is 9.95. The minimum atomic E-state index is -0.646. The number of esters is 1. The molecule has 5 aromatic rings. The van der Waals surface area contributed by atoms with E-state index in [1.165, 1.54) is 40.5 Å². The number of benzene rings is 4. The fourth-order valence-electron chi connectivity index (χ4n) is 5.24. The van der Waals surface area contributed by atoms with Crippen LogP contribution in [0, 0.1) is 10.1 Å². The van der Waals surface area contributed by atoms with Crippen molar-refractivity contribution < 1.29 is 19.2 Å². The number of nitro groups is 1. The summed E-state index contributed by atoms with van der Waals surface area (Å²) in [6.45, 7) is 0.416. The van der Waals surface area contributed by atoms with Crippen molar-refractivity contribution in [1.82, 2.24) is 5.32 Å². The lowest BCUT2D eigenvalue weighted by Gasteiger charge is -2.13. The summed E-state index contributed by atoms with van der Waals surface area (Å²) in [6.07, 6.45) is 5.51. The number of carbonyl (C=O) groups excluding carboxylic acids is 2. The summed E-state index contributed by atoms with van der Waals surface area (Å²) in [5.74, 6) is -0.507. The van der Waals surface area contributed by atoms with E-state index in [9.17, 15) is 19.7 Å². The maximum absolute atomic E-state index is 13.5. The van der Waals surface area contributed by atoms with Crippen molar-refractivity contribution in [3.8, 4) is 5.75 Å². The van der Waals surface area contributed by atoms with Gasteiger partial charge in [0.15, 0.2) is 0 Å². The second-order valence-electron chi connectivity index (χ2n) is 10.2. The fraction of sp³-hybridized carbons (Fsp3) is 0.147. The number of fused-ring (bicyclic) bond motifs is 2. The van der Waals surface area contributed by atoms with Crippen LogP contribution < -0.4 is 10.1 Å². The van der Waals surface area contributed by atoms with Crippen molar-refractivity contribution in [3.63, 3.8) is 0 Å². The first kappa shape index (κ1) is 28.0. The van der Waals surface area contributed by atoms with E-state index < -0.39 is 10.9 Å². The second kappa shape index (κ2) is 12.4. The number of ether oxygens (including phenoxy) is 1. The number of carbonyl (C=O) groups is 2. The SMILES string of the molecule is O=C(Oc1ccc2ccccc2c1C=Nc1sc2c(c1C(=O)NCc1ccccc1)CCCC2)c1ccc([N+](=O)[O-])cc1. The molecular weight excluding hydrogens is 562 g/mol. The summed E-state index contributed by atoms with van der Waals surface area (Å²) in [5.41, 5.74) is 3.35. The molecular formula is C34H27N3O5S. The zero-order chi connectivity index (χ0) is 29.8. The summed E-state index contributed by atoms with van der Waals surface area (Å²) in [5, 5.41) is 16.5. The zero-order valence-electron chi connectivity index (χ0n) is 23.1. The monoisotopic (exact) mass is 589 g/mol. The van der Waals surface area contributed by atoms with Crippen molar-refractivity contribution in [2.24, 2.45) is 4.99 Å². The number of thiophene rings is 1. The zero-order valence-corrected chi connectivity index (χ0v) is 23.9. The molecule has 43 heavy (non-hydrogen) atoms. The van der Waals surface area contributed by atoms with Gasteiger partial charge in [0.2, 0.25) is 0 Å². The number of aryl methyl sites for hydroxylation is 1. The molecule has 6 rings (SSSR count). The highest BCUT2D eigenvalue weighted by molar-refractivity contribution is 7.16. The van der Waals surface area contributed by atoms with E-state index in [0.29, 0.717) is 28.4 Å². The van der Waals surface area contributed by atoms with Crippen LogP contribution in [0.5, 0.6) is 5.75 Å². The van der Waals surface area contributed by atoms with Gasteiger partial charge in [-0.15, -0.1) is 11.3 Å². The number of nitro benzene ring substituents is 1. The van der Waals surface area contributed by atoms with Crippen LogP contribution in [-0.4, -0.2) is 23.0 Å². The van der Waals surface area contributed by atoms with Gasteiger partial charge in [-0.1, -0.05) is 60.7 Å². The highest BCUT2D eigenvalue weighted by Gasteiger charge is 2.25. The van der Waals surface area contributed by atoms with Crippen LogP contribution >= 0.6 is 11.3 Å². The van der Waals surface area contributed by atoms with Gasteiger partial charge in [0, 0.05) is 35.3 Å². The molecule has 8 nitrogen and oxygen atoms in total. The van der Waals surface area contributed by atoms with E-state index >= 15 is 0 Å². The Bertz CT molecular complexity index is 1860. The van der Waals surface area contributed by atoms with Crippen LogP contribution in [0.4, 0.5) is 10.7 Å². The molecule has 1 heterocycles. The molecule has 4 aromatic carbocycles. The van der Waals surface area contributed by atoms with Gasteiger partial charge in [-0.25, -0.2) is 9.79 Å². The number of amides is 1. The van der Waals surface area contributed by atoms with Gasteiger partial charge >= 0.3 is 5.97 Å². The summed E-state index contributed by atoms with van der Waals surface area (Å²) < 4.78 is 5.80. The van der Waals surface area contributed by atoms with E-state index in [1.807, 2.05) is 60.7 Å². The van der Waals surface area contributed by atoms with E-state index in [2.05, 4.69) is 5.32 Å². The van der Waals surface area contributed by atoms with Crippen molar-refractivity contribution in [3.05, 3.63) is 134 Å². The Morgan fingerprint density at radius 2 is 1.67 bits per heavy atom. The molecule has 1 aromatic heterocycles. The second-order valence-corrected chi connectivity index (χ2v) is 11.3. The third kappa shape index (κ3) is 6.07. The minimum absolute atomic E-state index is 0.114. The summed E-state index contributed by atoms with van der Waals surface area (Å²) in [6, 6.07) is 26.3. The molecule has 1 aliphatic carbocycles. The van der Waals surface area contributed by atoms with Gasteiger partial charge in [0.1, 0.15) is 10.8 Å². The number of nitrogens with one attached hydrogen (secondary N) is 1. The summed E-state index contributed by atoms with van der Waals surface area (Å²) in [7, 11) is 0. The van der Waals surface area contributed by atoms with Crippen LogP contribution in [-0.2, 0) is 19.4 Å². The molecule has 0 fully saturated rings. The number of aliphatic imine (C=N–C) groups is 1. The lowest BCUT2D eigenvalue weighted by molar-refractivity contribution is -0.384. The van der Waals surface area contributed by atoms with E-state index in [0.717, 1.165) is 47.6 Å². The standard InChI is InChI=1S/C34H27N3O5S/c38-32(35-20-22-8-2-1-3-9-22)31-27-12-6-7-13-30(27)43-33(31)36-21-28-26-11-5-4-10-23(26)16-19-29(28)42-34(39)24-14-17-25(18-15-24)37(40)41/h1-5,8-11,14-19,21H,6-7,12-13,20H2,(H,35,38). The first-order valence-electron chi connectivity index (χ1n) is 14.0. The first-order valence-corrected chi connectivity index (χ1v) is 14.8. The molecule has 0 bridgehead atoms. The molecule has 1 aliphatic rings. The van der Waals surface area contributed by atoms with Gasteiger partial charge < -0.3 is 10.1 Å². The molecule has 0 aliphatic heterocycles. The Labute approximate surface area is 251 Å². The fourth-order valence-corrected chi connectivity index (χ4v) is 6.47. The van der Waals surface area contributed by atoms with Crippen LogP contribution in [0.15, 0.2) is 96.0 Å². The Morgan fingerprint density at radius 3 is 2.47 bits per heavy atom. The van der Waals surface area contributed by atoms with Gasteiger partial charge in [-0.3, -0.25) is 14.9 Å². The highest BCUT2D eigenvalue weighted by atomic mass is 32.1. The Hall–Kier alpha value is -5.15. The van der Waals surface area contributed by atoms with Crippen LogP contribution in [0.2, 0.25) is 0 Å². The first-order chi connectivity index (χ1) is 21.0. The maximum Gasteiger partial charge on any atom is 0.343 e. The van der Waals surface area contributed by atoms with Gasteiger partial charge in [-0.05, 0) is 65.8 Å². The molecule has 9 heteroatoms. The smallest absolute Gasteiger partial charge is 0.343 e. The van der Waals surface area contributed by atoms with Gasteiger partial charge in [0.25, 0.3) is 11.6 Å². The molecule has 0 spiro atoms. The Morgan fingerprint density at radius 1 is 0.930 bits per heavy atom. The average Bonchev–Trinajstić information content (AvgIpc) is 3.42. The maximum atomic E-state index is 13.5. The number of non-ortho nitro benzene ring substituents is 1. The predicted molar refractivity (Wildman–Crippen MR) is 168 cm³/mol. The van der Waals surface area contributed by atoms with Gasteiger partial charge in [0.05, 0.1) is 16.1 Å². The molecule has 0 radical (unpaired) electrons. The third-order valence-corrected chi connectivity index (χ3v) is 8.63. The molecule has 0 unspecified atom stereocenters. The largest absolute Gasteiger partial charge is 0.422 e. The molecule has 0 atom stereocenters.